The third-order valence-corrected chi connectivity index (χ3v) is 2.36. The lowest BCUT2D eigenvalue weighted by molar-refractivity contribution is -0.114. The van der Waals surface area contributed by atoms with Crippen molar-refractivity contribution < 1.29 is 28.5 Å². The number of hydrogen-bond donors (Lipinski definition) is 3. The number of phosphoric ester groups is 1. The minimum Gasteiger partial charge on any atom is -0.326 e. The Kier molecular flexibility index (Phi) is 4.75. The molecule has 0 aliphatic carbocycles. The summed E-state index contributed by atoms with van der Waals surface area (Å²) < 4.78 is 14.5. The molecule has 98 valence electrons. The maximum atomic E-state index is 11.5. The molecule has 0 aliphatic rings. The first-order valence-electron chi connectivity index (χ1n) is 4.89. The predicted molar refractivity (Wildman–Crippen MR) is 63.1 cm³/mol. The van der Waals surface area contributed by atoms with Crippen molar-refractivity contribution in [3.63, 3.8) is 0 Å². The van der Waals surface area contributed by atoms with Gasteiger partial charge in [-0.25, -0.2) is 4.57 Å². The fourth-order valence-corrected chi connectivity index (χ4v) is 1.45. The molecule has 0 fully saturated rings. The van der Waals surface area contributed by atoms with Gasteiger partial charge >= 0.3 is 7.82 Å². The van der Waals surface area contributed by atoms with E-state index in [0.29, 0.717) is 5.69 Å². The van der Waals surface area contributed by atoms with Gasteiger partial charge in [-0.05, 0) is 24.3 Å². The largest absolute Gasteiger partial charge is 0.470 e. The number of amides is 1. The summed E-state index contributed by atoms with van der Waals surface area (Å²) in [6.45, 7) is 0.650. The van der Waals surface area contributed by atoms with Crippen molar-refractivity contribution in [1.82, 2.24) is 0 Å². The summed E-state index contributed by atoms with van der Waals surface area (Å²) in [7, 11) is -4.65. The Balaban J connectivity index is 2.64. The number of phosphoric acid groups is 1. The maximum absolute atomic E-state index is 11.5. The van der Waals surface area contributed by atoms with Crippen LogP contribution in [0.5, 0.6) is 0 Å². The monoisotopic (exact) mass is 273 g/mol. The highest BCUT2D eigenvalue weighted by atomic mass is 31.2. The van der Waals surface area contributed by atoms with Gasteiger partial charge in [-0.1, -0.05) is 0 Å². The van der Waals surface area contributed by atoms with Crippen LogP contribution in [-0.2, 0) is 13.9 Å². The Morgan fingerprint density at radius 1 is 1.28 bits per heavy atom. The molecular formula is C10H12NO6P. The smallest absolute Gasteiger partial charge is 0.326 e. The lowest BCUT2D eigenvalue weighted by Gasteiger charge is -2.05. The summed E-state index contributed by atoms with van der Waals surface area (Å²) in [6.07, 6.45) is 0. The summed E-state index contributed by atoms with van der Waals surface area (Å²) in [5.74, 6) is -0.799. The van der Waals surface area contributed by atoms with Crippen LogP contribution in [0, 0.1) is 0 Å². The van der Waals surface area contributed by atoms with Gasteiger partial charge in [-0.3, -0.25) is 14.1 Å². The first-order valence-corrected chi connectivity index (χ1v) is 6.42. The number of carbonyl (C=O) groups excluding carboxylic acids is 2. The van der Waals surface area contributed by atoms with Crippen LogP contribution in [-0.4, -0.2) is 28.1 Å². The van der Waals surface area contributed by atoms with E-state index in [2.05, 4.69) is 9.84 Å². The molecule has 1 aromatic carbocycles. The predicted octanol–water partition coefficient (Wildman–Crippen LogP) is 0.937. The SMILES string of the molecule is CC(=O)Nc1ccc(C(=O)COP(=O)(O)O)cc1. The Hall–Kier alpha value is -1.53. The first-order chi connectivity index (χ1) is 8.28. The number of nitrogens with one attached hydrogen (secondary N) is 1. The molecule has 8 heteroatoms. The number of anilines is 1. The highest BCUT2D eigenvalue weighted by molar-refractivity contribution is 7.46. The van der Waals surface area contributed by atoms with E-state index < -0.39 is 20.2 Å². The number of benzene rings is 1. The van der Waals surface area contributed by atoms with Crippen LogP contribution in [0.2, 0.25) is 0 Å². The number of hydrogen-bond acceptors (Lipinski definition) is 4. The van der Waals surface area contributed by atoms with E-state index >= 15 is 0 Å². The molecule has 0 spiro atoms. The molecule has 3 N–H and O–H groups in total. The van der Waals surface area contributed by atoms with E-state index in [1.54, 1.807) is 0 Å². The molecule has 0 bridgehead atoms. The molecule has 0 aliphatic heterocycles. The highest BCUT2D eigenvalue weighted by Gasteiger charge is 2.17. The van der Waals surface area contributed by atoms with Crippen molar-refractivity contribution >= 4 is 25.2 Å². The molecule has 0 saturated heterocycles. The molecule has 0 atom stereocenters. The lowest BCUT2D eigenvalue weighted by Crippen LogP contribution is -2.09. The van der Waals surface area contributed by atoms with E-state index in [9.17, 15) is 14.2 Å². The normalized spacial score (nSPS) is 11.1. The molecule has 0 heterocycles. The van der Waals surface area contributed by atoms with Crippen molar-refractivity contribution in [2.24, 2.45) is 0 Å². The third-order valence-electron chi connectivity index (χ3n) is 1.89. The average molecular weight is 273 g/mol. The lowest BCUT2D eigenvalue weighted by atomic mass is 10.1. The van der Waals surface area contributed by atoms with Crippen LogP contribution < -0.4 is 5.32 Å². The van der Waals surface area contributed by atoms with Crippen molar-refractivity contribution in [1.29, 1.82) is 0 Å². The fourth-order valence-electron chi connectivity index (χ4n) is 1.17. The molecule has 0 unspecified atom stereocenters. The van der Waals surface area contributed by atoms with E-state index in [4.69, 9.17) is 9.79 Å². The molecule has 7 nitrogen and oxygen atoms in total. The van der Waals surface area contributed by atoms with E-state index in [-0.39, 0.29) is 11.5 Å². The Morgan fingerprint density at radius 2 is 1.83 bits per heavy atom. The molecule has 0 aromatic heterocycles. The Bertz CT molecular complexity index is 492. The second-order valence-electron chi connectivity index (χ2n) is 3.45. The fraction of sp³-hybridized carbons (Fsp3) is 0.200. The van der Waals surface area contributed by atoms with Gasteiger partial charge in [-0.2, -0.15) is 0 Å². The molecule has 1 amide bonds. The minimum atomic E-state index is -4.65. The molecule has 0 radical (unpaired) electrons. The summed E-state index contributed by atoms with van der Waals surface area (Å²) in [5, 5.41) is 2.52. The van der Waals surface area contributed by atoms with Crippen LogP contribution in [0.4, 0.5) is 5.69 Å². The molecule has 1 rings (SSSR count). The molecule has 0 saturated carbocycles. The topological polar surface area (TPSA) is 113 Å². The molecule has 1 aromatic rings. The highest BCUT2D eigenvalue weighted by Crippen LogP contribution is 2.35. The Labute approximate surface area is 103 Å². The van der Waals surface area contributed by atoms with Crippen LogP contribution in [0.1, 0.15) is 17.3 Å². The van der Waals surface area contributed by atoms with Crippen LogP contribution in [0.3, 0.4) is 0 Å². The zero-order valence-corrected chi connectivity index (χ0v) is 10.4. The zero-order valence-electron chi connectivity index (χ0n) is 9.49. The number of Topliss-reactive ketones (excluding diaryl/α,β-unsaturated/α-hetero) is 1. The number of ketones is 1. The van der Waals surface area contributed by atoms with Gasteiger partial charge in [0.25, 0.3) is 0 Å². The van der Waals surface area contributed by atoms with Gasteiger partial charge in [0, 0.05) is 18.2 Å². The first kappa shape index (κ1) is 14.5. The summed E-state index contributed by atoms with van der Waals surface area (Å²) in [4.78, 5) is 39.1. The van der Waals surface area contributed by atoms with E-state index in [1.807, 2.05) is 0 Å². The van der Waals surface area contributed by atoms with Gasteiger partial charge in [0.2, 0.25) is 5.91 Å². The van der Waals surface area contributed by atoms with Crippen molar-refractivity contribution in [2.75, 3.05) is 11.9 Å². The van der Waals surface area contributed by atoms with E-state index in [1.165, 1.54) is 31.2 Å². The third kappa shape index (κ3) is 5.20. The van der Waals surface area contributed by atoms with Crippen LogP contribution >= 0.6 is 7.82 Å². The second-order valence-corrected chi connectivity index (χ2v) is 4.69. The van der Waals surface area contributed by atoms with Gasteiger partial charge in [0.1, 0.15) is 6.61 Å². The summed E-state index contributed by atoms with van der Waals surface area (Å²) in [5.41, 5.74) is 0.757. The van der Waals surface area contributed by atoms with Crippen molar-refractivity contribution in [3.05, 3.63) is 29.8 Å². The van der Waals surface area contributed by atoms with Crippen molar-refractivity contribution in [3.8, 4) is 0 Å². The van der Waals surface area contributed by atoms with Crippen molar-refractivity contribution in [2.45, 2.75) is 6.92 Å². The zero-order chi connectivity index (χ0) is 13.8. The number of rotatable bonds is 5. The average Bonchev–Trinajstić information content (AvgIpc) is 2.25. The summed E-state index contributed by atoms with van der Waals surface area (Å²) in [6, 6.07) is 5.87. The molecular weight excluding hydrogens is 261 g/mol. The van der Waals surface area contributed by atoms with Crippen LogP contribution in [0.15, 0.2) is 24.3 Å². The van der Waals surface area contributed by atoms with Crippen LogP contribution in [0.25, 0.3) is 0 Å². The maximum Gasteiger partial charge on any atom is 0.470 e. The summed E-state index contributed by atoms with van der Waals surface area (Å²) >= 11 is 0. The minimum absolute atomic E-state index is 0.234. The van der Waals surface area contributed by atoms with Gasteiger partial charge in [0.15, 0.2) is 5.78 Å². The van der Waals surface area contributed by atoms with Gasteiger partial charge in [0.05, 0.1) is 0 Å². The number of carbonyl (C=O) groups is 2. The second kappa shape index (κ2) is 5.88. The Morgan fingerprint density at radius 3 is 2.28 bits per heavy atom. The molecule has 18 heavy (non-hydrogen) atoms. The van der Waals surface area contributed by atoms with Gasteiger partial charge < -0.3 is 15.1 Å². The standard InChI is InChI=1S/C10H12NO6P/c1-7(12)11-9-4-2-8(3-5-9)10(13)6-17-18(14,15)16/h2-5H,6H2,1H3,(H,11,12)(H2,14,15,16). The quantitative estimate of drug-likeness (QED) is 0.543. The van der Waals surface area contributed by atoms with Gasteiger partial charge in [-0.15, -0.1) is 0 Å². The van der Waals surface area contributed by atoms with E-state index in [0.717, 1.165) is 0 Å².